The number of aliphatic carboxylic acids is 1. The van der Waals surface area contributed by atoms with Crippen LogP contribution in [-0.4, -0.2) is 67.9 Å². The van der Waals surface area contributed by atoms with Crippen LogP contribution >= 0.6 is 11.3 Å². The fourth-order valence-electron chi connectivity index (χ4n) is 3.86. The number of carbonyl (C=O) groups is 1. The van der Waals surface area contributed by atoms with Crippen molar-refractivity contribution in [3.63, 3.8) is 0 Å². The van der Waals surface area contributed by atoms with Crippen molar-refractivity contribution < 1.29 is 27.8 Å². The van der Waals surface area contributed by atoms with E-state index in [9.17, 15) is 13.2 Å². The van der Waals surface area contributed by atoms with Gasteiger partial charge in [-0.2, -0.15) is 0 Å². The molecule has 3 aromatic heterocycles. The van der Waals surface area contributed by atoms with Crippen molar-refractivity contribution in [2.75, 3.05) is 43.0 Å². The van der Waals surface area contributed by atoms with Gasteiger partial charge in [0.05, 0.1) is 35.4 Å². The lowest BCUT2D eigenvalue weighted by atomic mass is 10.2. The number of pyridine rings is 1. The molecule has 196 valence electrons. The van der Waals surface area contributed by atoms with Gasteiger partial charge in [0.25, 0.3) is 10.0 Å². The largest absolute Gasteiger partial charge is 0.481 e. The minimum atomic E-state index is -3.96. The Morgan fingerprint density at radius 2 is 2.00 bits per heavy atom. The summed E-state index contributed by atoms with van der Waals surface area (Å²) in [7, 11) is -2.42. The predicted molar refractivity (Wildman–Crippen MR) is 144 cm³/mol. The first kappa shape index (κ1) is 25.6. The summed E-state index contributed by atoms with van der Waals surface area (Å²) < 4.78 is 40.4. The Labute approximate surface area is 222 Å². The van der Waals surface area contributed by atoms with E-state index in [4.69, 9.17) is 24.5 Å². The fourth-order valence-corrected chi connectivity index (χ4v) is 6.21. The molecule has 0 radical (unpaired) electrons. The van der Waals surface area contributed by atoms with Crippen molar-refractivity contribution in [1.29, 1.82) is 0 Å². The number of hydrogen-bond donors (Lipinski definition) is 2. The molecule has 4 aromatic rings. The number of anilines is 2. The number of nitrogens with zero attached hydrogens (tertiary/aromatic N) is 4. The lowest BCUT2D eigenvalue weighted by Gasteiger charge is -2.28. The van der Waals surface area contributed by atoms with Crippen molar-refractivity contribution in [1.82, 2.24) is 15.0 Å². The first-order valence-corrected chi connectivity index (χ1v) is 13.8. The predicted octanol–water partition coefficient (Wildman–Crippen LogP) is 3.50. The summed E-state index contributed by atoms with van der Waals surface area (Å²) in [6.45, 7) is 2.40. The minimum Gasteiger partial charge on any atom is -0.481 e. The Balaban J connectivity index is 1.52. The molecule has 13 heteroatoms. The quantitative estimate of drug-likeness (QED) is 0.311. The highest BCUT2D eigenvalue weighted by atomic mass is 32.2. The second-order valence-corrected chi connectivity index (χ2v) is 11.0. The summed E-state index contributed by atoms with van der Waals surface area (Å²) in [5, 5.41) is 9.23. The number of carboxylic acids is 1. The summed E-state index contributed by atoms with van der Waals surface area (Å²) in [5.41, 5.74) is 1.74. The summed E-state index contributed by atoms with van der Waals surface area (Å²) >= 11 is 1.24. The van der Waals surface area contributed by atoms with Gasteiger partial charge in [-0.1, -0.05) is 12.1 Å². The molecule has 11 nitrogen and oxygen atoms in total. The van der Waals surface area contributed by atoms with Gasteiger partial charge in [-0.3, -0.25) is 4.72 Å². The molecule has 0 unspecified atom stereocenters. The number of rotatable bonds is 8. The van der Waals surface area contributed by atoms with Crippen LogP contribution < -0.4 is 14.4 Å². The maximum Gasteiger partial charge on any atom is 0.328 e. The second kappa shape index (κ2) is 10.7. The van der Waals surface area contributed by atoms with E-state index < -0.39 is 16.0 Å². The summed E-state index contributed by atoms with van der Waals surface area (Å²) in [5.74, 6) is 0.501. The number of fused-ring (bicyclic) bond motifs is 1. The molecule has 0 atom stereocenters. The highest BCUT2D eigenvalue weighted by Gasteiger charge is 2.22. The Kier molecular flexibility index (Phi) is 7.22. The zero-order valence-corrected chi connectivity index (χ0v) is 21.8. The van der Waals surface area contributed by atoms with Gasteiger partial charge < -0.3 is 19.5 Å². The van der Waals surface area contributed by atoms with E-state index >= 15 is 0 Å². The van der Waals surface area contributed by atoms with Crippen LogP contribution in [0.5, 0.6) is 5.88 Å². The highest BCUT2D eigenvalue weighted by molar-refractivity contribution is 7.93. The summed E-state index contributed by atoms with van der Waals surface area (Å²) in [6, 6.07) is 11.3. The van der Waals surface area contributed by atoms with Crippen LogP contribution in [0.3, 0.4) is 0 Å². The smallest absolute Gasteiger partial charge is 0.328 e. The maximum atomic E-state index is 13.2. The lowest BCUT2D eigenvalue weighted by molar-refractivity contribution is -0.131. The van der Waals surface area contributed by atoms with E-state index in [0.29, 0.717) is 65.5 Å². The van der Waals surface area contributed by atoms with Crippen LogP contribution in [0, 0.1) is 0 Å². The lowest BCUT2D eigenvalue weighted by Crippen LogP contribution is -2.36. The van der Waals surface area contributed by atoms with Crippen molar-refractivity contribution in [3.8, 4) is 17.3 Å². The van der Waals surface area contributed by atoms with Crippen molar-refractivity contribution in [3.05, 3.63) is 60.3 Å². The molecule has 0 bridgehead atoms. The average molecular weight is 554 g/mol. The molecular formula is C25H23N5O6S2. The number of sulfonamides is 1. The van der Waals surface area contributed by atoms with Gasteiger partial charge in [-0.05, 0) is 35.9 Å². The zero-order valence-electron chi connectivity index (χ0n) is 20.2. The van der Waals surface area contributed by atoms with Crippen molar-refractivity contribution in [2.24, 2.45) is 0 Å². The molecule has 1 aliphatic rings. The Morgan fingerprint density at radius 1 is 1.18 bits per heavy atom. The molecule has 1 aromatic carbocycles. The third-order valence-electron chi connectivity index (χ3n) is 5.69. The van der Waals surface area contributed by atoms with E-state index in [0.717, 1.165) is 10.8 Å². The van der Waals surface area contributed by atoms with E-state index in [1.165, 1.54) is 36.7 Å². The number of ether oxygens (including phenoxy) is 2. The van der Waals surface area contributed by atoms with Gasteiger partial charge >= 0.3 is 5.97 Å². The molecule has 1 fully saturated rings. The third-order valence-corrected chi connectivity index (χ3v) is 8.22. The van der Waals surface area contributed by atoms with Gasteiger partial charge in [0.1, 0.15) is 5.00 Å². The molecule has 38 heavy (non-hydrogen) atoms. The maximum absolute atomic E-state index is 13.2. The van der Waals surface area contributed by atoms with Crippen LogP contribution in [0.15, 0.2) is 59.6 Å². The SMILES string of the molecule is COc1ccc(-c2nc(N3CCOCC3)c3sc(NS(=O)(=O)c4cccc(C=CC(=O)O)c4)cc3n2)cn1. The number of aromatic nitrogens is 3. The zero-order chi connectivity index (χ0) is 26.7. The molecule has 0 spiro atoms. The molecule has 0 aliphatic carbocycles. The number of benzene rings is 1. The van der Waals surface area contributed by atoms with Gasteiger partial charge in [0.2, 0.25) is 5.88 Å². The van der Waals surface area contributed by atoms with Gasteiger partial charge in [-0.25, -0.2) is 28.2 Å². The fraction of sp³-hybridized carbons (Fsp3) is 0.200. The van der Waals surface area contributed by atoms with E-state index in [1.807, 2.05) is 6.07 Å². The standard InChI is InChI=1S/C25H23N5O6S2/c1-35-20-7-6-17(15-26-20)24-27-19-14-21(37-23(19)25(28-24)30-9-11-36-12-10-30)29-38(33,34)18-4-2-3-16(13-18)5-8-22(31)32/h2-8,13-15,29H,9-12H2,1H3,(H,31,32). The molecule has 0 amide bonds. The number of nitrogens with one attached hydrogen (secondary N) is 1. The molecule has 1 saturated heterocycles. The van der Waals surface area contributed by atoms with E-state index in [2.05, 4.69) is 14.6 Å². The minimum absolute atomic E-state index is 0.00646. The molecule has 5 rings (SSSR count). The first-order valence-electron chi connectivity index (χ1n) is 11.5. The Bertz CT molecular complexity index is 1610. The number of morpholine rings is 1. The molecule has 2 N–H and O–H groups in total. The Morgan fingerprint density at radius 3 is 2.71 bits per heavy atom. The molecule has 4 heterocycles. The van der Waals surface area contributed by atoms with Crippen molar-refractivity contribution in [2.45, 2.75) is 4.90 Å². The molecule has 0 saturated carbocycles. The van der Waals surface area contributed by atoms with Crippen LogP contribution in [0.25, 0.3) is 27.7 Å². The molecule has 1 aliphatic heterocycles. The second-order valence-electron chi connectivity index (χ2n) is 8.23. The number of thiophene rings is 1. The van der Waals surface area contributed by atoms with E-state index in [1.54, 1.807) is 30.5 Å². The van der Waals surface area contributed by atoms with Crippen molar-refractivity contribution >= 4 is 54.4 Å². The van der Waals surface area contributed by atoms with Gasteiger partial charge in [-0.15, -0.1) is 11.3 Å². The van der Waals surface area contributed by atoms with Gasteiger partial charge in [0, 0.05) is 37.0 Å². The average Bonchev–Trinajstić information content (AvgIpc) is 3.33. The van der Waals surface area contributed by atoms with Crippen LogP contribution in [0.2, 0.25) is 0 Å². The van der Waals surface area contributed by atoms with Crippen LogP contribution in [0.1, 0.15) is 5.56 Å². The van der Waals surface area contributed by atoms with Crippen LogP contribution in [-0.2, 0) is 19.6 Å². The van der Waals surface area contributed by atoms with Gasteiger partial charge in [0.15, 0.2) is 11.6 Å². The number of methoxy groups -OCH3 is 1. The molecular weight excluding hydrogens is 530 g/mol. The Hall–Kier alpha value is -4.07. The monoisotopic (exact) mass is 553 g/mol. The third kappa shape index (κ3) is 5.59. The highest BCUT2D eigenvalue weighted by Crippen LogP contribution is 2.37. The van der Waals surface area contributed by atoms with Crippen LogP contribution in [0.4, 0.5) is 10.8 Å². The van der Waals surface area contributed by atoms with E-state index in [-0.39, 0.29) is 4.90 Å². The first-order chi connectivity index (χ1) is 18.3. The topological polar surface area (TPSA) is 144 Å². The summed E-state index contributed by atoms with van der Waals surface area (Å²) in [6.07, 6.45) is 3.92. The number of carboxylic acid groups (broad SMARTS) is 1. The summed E-state index contributed by atoms with van der Waals surface area (Å²) in [4.78, 5) is 26.7. The number of hydrogen-bond acceptors (Lipinski definition) is 10. The normalized spacial score (nSPS) is 14.2.